The fourth-order valence-electron chi connectivity index (χ4n) is 2.68. The second kappa shape index (κ2) is 6.85. The minimum absolute atomic E-state index is 0.129. The van der Waals surface area contributed by atoms with E-state index in [2.05, 4.69) is 23.8 Å². The third-order valence-electron chi connectivity index (χ3n) is 4.21. The van der Waals surface area contributed by atoms with Crippen molar-refractivity contribution in [3.63, 3.8) is 0 Å². The number of fused-ring (bicyclic) bond motifs is 3. The molecule has 6 nitrogen and oxygen atoms in total. The number of nitrogens with one attached hydrogen (secondary N) is 1. The number of carbonyl (C=O) groups is 1. The molecule has 8 heteroatoms. The monoisotopic (exact) mass is 368 g/mol. The summed E-state index contributed by atoms with van der Waals surface area (Å²) in [4.78, 5) is 33.1. The molecule has 0 unspecified atom stereocenters. The van der Waals surface area contributed by atoms with Gasteiger partial charge in [0.1, 0.15) is 4.83 Å². The Morgan fingerprint density at radius 2 is 2.29 bits per heavy atom. The summed E-state index contributed by atoms with van der Waals surface area (Å²) in [6.45, 7) is 6.79. The molecule has 0 amide bonds. The van der Waals surface area contributed by atoms with E-state index in [1.54, 1.807) is 6.92 Å². The van der Waals surface area contributed by atoms with Crippen LogP contribution in [0.25, 0.3) is 10.2 Å². The van der Waals surface area contributed by atoms with Crippen molar-refractivity contribution in [1.29, 1.82) is 0 Å². The number of ether oxygens (including phenoxy) is 2. The molecule has 1 atom stereocenters. The first-order valence-electron chi connectivity index (χ1n) is 7.92. The molecule has 130 valence electrons. The highest BCUT2D eigenvalue weighted by molar-refractivity contribution is 7.99. The Balaban J connectivity index is 1.91. The summed E-state index contributed by atoms with van der Waals surface area (Å²) in [5.74, 6) is -0.187. The largest absolute Gasteiger partial charge is 0.465 e. The SMILES string of the molecule is CCOC(=O)CSc1nc2sc3c(c2c(=O)[nH]1)C[C@@](C)(CC)OC3. The summed E-state index contributed by atoms with van der Waals surface area (Å²) in [7, 11) is 0. The Bertz CT molecular complexity index is 829. The summed E-state index contributed by atoms with van der Waals surface area (Å²) >= 11 is 2.68. The minimum Gasteiger partial charge on any atom is -0.465 e. The maximum atomic E-state index is 12.5. The molecule has 24 heavy (non-hydrogen) atoms. The van der Waals surface area contributed by atoms with Gasteiger partial charge in [-0.2, -0.15) is 0 Å². The van der Waals surface area contributed by atoms with Gasteiger partial charge in [0.2, 0.25) is 0 Å². The fourth-order valence-corrected chi connectivity index (χ4v) is 4.50. The quantitative estimate of drug-likeness (QED) is 0.496. The lowest BCUT2D eigenvalue weighted by Crippen LogP contribution is -2.34. The van der Waals surface area contributed by atoms with Crippen LogP contribution in [0.3, 0.4) is 0 Å². The van der Waals surface area contributed by atoms with E-state index in [0.717, 1.165) is 23.3 Å². The molecule has 0 bridgehead atoms. The van der Waals surface area contributed by atoms with Crippen molar-refractivity contribution < 1.29 is 14.3 Å². The van der Waals surface area contributed by atoms with E-state index >= 15 is 0 Å². The van der Waals surface area contributed by atoms with Gasteiger partial charge < -0.3 is 14.5 Å². The molecule has 0 spiro atoms. The van der Waals surface area contributed by atoms with E-state index in [0.29, 0.717) is 28.6 Å². The summed E-state index contributed by atoms with van der Waals surface area (Å²) in [5.41, 5.74) is 0.677. The van der Waals surface area contributed by atoms with E-state index in [9.17, 15) is 9.59 Å². The van der Waals surface area contributed by atoms with Gasteiger partial charge in [-0.25, -0.2) is 4.98 Å². The van der Waals surface area contributed by atoms with Crippen molar-refractivity contribution in [2.45, 2.75) is 51.0 Å². The number of hydrogen-bond acceptors (Lipinski definition) is 7. The number of thiophene rings is 1. The molecule has 1 N–H and O–H groups in total. The topological polar surface area (TPSA) is 81.3 Å². The molecule has 1 aliphatic rings. The average Bonchev–Trinajstić information content (AvgIpc) is 2.91. The number of carbonyl (C=O) groups excluding carboxylic acids is 1. The molecular weight excluding hydrogens is 348 g/mol. The second-order valence-electron chi connectivity index (χ2n) is 5.92. The summed E-state index contributed by atoms with van der Waals surface area (Å²) in [6.07, 6.45) is 1.61. The standard InChI is InChI=1S/C16H20N2O4S2/c1-4-16(3)6-9-10(7-22-16)24-14-12(9)13(20)17-15(18-14)23-8-11(19)21-5-2/h4-8H2,1-3H3,(H,17,18,20)/t16-/m1/s1. The van der Waals surface area contributed by atoms with Crippen LogP contribution in [0, 0.1) is 0 Å². The summed E-state index contributed by atoms with van der Waals surface area (Å²) in [6, 6.07) is 0. The van der Waals surface area contributed by atoms with Crippen LogP contribution in [-0.4, -0.2) is 33.9 Å². The Morgan fingerprint density at radius 1 is 1.50 bits per heavy atom. The number of thioether (sulfide) groups is 1. The molecule has 0 saturated carbocycles. The van der Waals surface area contributed by atoms with Crippen LogP contribution < -0.4 is 5.56 Å². The molecule has 3 rings (SSSR count). The lowest BCUT2D eigenvalue weighted by Gasteiger charge is -2.32. The van der Waals surface area contributed by atoms with Crippen molar-refractivity contribution in [2.75, 3.05) is 12.4 Å². The highest BCUT2D eigenvalue weighted by Crippen LogP contribution is 2.38. The molecule has 0 saturated heterocycles. The van der Waals surface area contributed by atoms with Crippen molar-refractivity contribution in [2.24, 2.45) is 0 Å². The van der Waals surface area contributed by atoms with E-state index in [-0.39, 0.29) is 22.9 Å². The normalized spacial score (nSPS) is 20.1. The third kappa shape index (κ3) is 3.36. The van der Waals surface area contributed by atoms with E-state index in [1.165, 1.54) is 23.1 Å². The van der Waals surface area contributed by atoms with Crippen LogP contribution in [0.5, 0.6) is 0 Å². The number of aromatic amines is 1. The van der Waals surface area contributed by atoms with Crippen LogP contribution in [0.2, 0.25) is 0 Å². The number of esters is 1. The smallest absolute Gasteiger partial charge is 0.316 e. The molecule has 0 aliphatic carbocycles. The number of aromatic nitrogens is 2. The first-order chi connectivity index (χ1) is 11.5. The number of nitrogens with zero attached hydrogens (tertiary/aromatic N) is 1. The molecule has 3 heterocycles. The predicted molar refractivity (Wildman–Crippen MR) is 94.8 cm³/mol. The van der Waals surface area contributed by atoms with Crippen molar-refractivity contribution >= 4 is 39.3 Å². The van der Waals surface area contributed by atoms with Crippen molar-refractivity contribution in [3.8, 4) is 0 Å². The van der Waals surface area contributed by atoms with Crippen LogP contribution in [0.4, 0.5) is 0 Å². The van der Waals surface area contributed by atoms with Gasteiger partial charge in [-0.15, -0.1) is 11.3 Å². The van der Waals surface area contributed by atoms with Gasteiger partial charge in [0, 0.05) is 11.3 Å². The summed E-state index contributed by atoms with van der Waals surface area (Å²) < 4.78 is 10.8. The molecule has 2 aromatic heterocycles. The van der Waals surface area contributed by atoms with Gasteiger partial charge in [0.15, 0.2) is 5.16 Å². The molecule has 0 aromatic carbocycles. The Kier molecular flexibility index (Phi) is 4.98. The highest BCUT2D eigenvalue weighted by atomic mass is 32.2. The summed E-state index contributed by atoms with van der Waals surface area (Å²) in [5, 5.41) is 1.11. The molecule has 0 fully saturated rings. The van der Waals surface area contributed by atoms with Gasteiger partial charge in [-0.05, 0) is 25.8 Å². The third-order valence-corrected chi connectivity index (χ3v) is 6.15. The first kappa shape index (κ1) is 17.4. The minimum atomic E-state index is -0.317. The fraction of sp³-hybridized carbons (Fsp3) is 0.562. The Morgan fingerprint density at radius 3 is 3.00 bits per heavy atom. The molecular formula is C16H20N2O4S2. The zero-order valence-electron chi connectivity index (χ0n) is 13.9. The van der Waals surface area contributed by atoms with Crippen LogP contribution in [0.1, 0.15) is 37.6 Å². The van der Waals surface area contributed by atoms with Gasteiger partial charge >= 0.3 is 5.97 Å². The zero-order valence-corrected chi connectivity index (χ0v) is 15.6. The van der Waals surface area contributed by atoms with Crippen LogP contribution in [0.15, 0.2) is 9.95 Å². The number of H-pyrrole nitrogens is 1. The molecule has 0 radical (unpaired) electrons. The zero-order chi connectivity index (χ0) is 17.3. The number of rotatable bonds is 5. The van der Waals surface area contributed by atoms with Gasteiger partial charge in [-0.1, -0.05) is 18.7 Å². The van der Waals surface area contributed by atoms with Gasteiger partial charge in [0.25, 0.3) is 5.56 Å². The average molecular weight is 368 g/mol. The van der Waals surface area contributed by atoms with E-state index < -0.39 is 0 Å². The lowest BCUT2D eigenvalue weighted by atomic mass is 9.90. The maximum absolute atomic E-state index is 12.5. The number of hydrogen-bond donors (Lipinski definition) is 1. The Labute approximate surface area is 148 Å². The van der Waals surface area contributed by atoms with Gasteiger partial charge in [0.05, 0.1) is 30.0 Å². The van der Waals surface area contributed by atoms with Crippen molar-refractivity contribution in [1.82, 2.24) is 9.97 Å². The van der Waals surface area contributed by atoms with Crippen LogP contribution >= 0.6 is 23.1 Å². The first-order valence-corrected chi connectivity index (χ1v) is 9.73. The maximum Gasteiger partial charge on any atom is 0.316 e. The van der Waals surface area contributed by atoms with E-state index in [1.807, 2.05) is 0 Å². The molecule has 2 aromatic rings. The van der Waals surface area contributed by atoms with E-state index in [4.69, 9.17) is 9.47 Å². The second-order valence-corrected chi connectivity index (χ2v) is 7.97. The highest BCUT2D eigenvalue weighted by Gasteiger charge is 2.32. The van der Waals surface area contributed by atoms with Crippen LogP contribution in [-0.2, 0) is 27.3 Å². The van der Waals surface area contributed by atoms with Crippen molar-refractivity contribution in [3.05, 3.63) is 20.8 Å². The Hall–Kier alpha value is -1.38. The predicted octanol–water partition coefficient (Wildman–Crippen LogP) is 2.88. The molecule has 1 aliphatic heterocycles. The lowest BCUT2D eigenvalue weighted by molar-refractivity contribution is -0.139. The van der Waals surface area contributed by atoms with Gasteiger partial charge in [-0.3, -0.25) is 9.59 Å².